The molecule has 126 valence electrons. The quantitative estimate of drug-likeness (QED) is 0.774. The van der Waals surface area contributed by atoms with E-state index in [-0.39, 0.29) is 11.9 Å². The number of fused-ring (bicyclic) bond motifs is 1. The first-order valence-corrected chi connectivity index (χ1v) is 8.95. The van der Waals surface area contributed by atoms with E-state index in [1.165, 1.54) is 15.9 Å². The first-order valence-electron chi connectivity index (χ1n) is 7.76. The van der Waals surface area contributed by atoms with Crippen molar-refractivity contribution in [2.24, 2.45) is 0 Å². The first kappa shape index (κ1) is 15.8. The van der Waals surface area contributed by atoms with Gasteiger partial charge < -0.3 is 9.84 Å². The van der Waals surface area contributed by atoms with Crippen molar-refractivity contribution in [3.63, 3.8) is 0 Å². The molecule has 1 aliphatic rings. The summed E-state index contributed by atoms with van der Waals surface area (Å²) in [6, 6.07) is 7.67. The van der Waals surface area contributed by atoms with E-state index in [9.17, 15) is 5.11 Å². The Morgan fingerprint density at radius 1 is 1.33 bits per heavy atom. The van der Waals surface area contributed by atoms with Crippen LogP contribution in [0.1, 0.15) is 22.3 Å². The summed E-state index contributed by atoms with van der Waals surface area (Å²) in [5.74, 6) is 0.792. The molecule has 4 rings (SSSR count). The lowest BCUT2D eigenvalue weighted by molar-refractivity contribution is 0.0241. The van der Waals surface area contributed by atoms with Gasteiger partial charge >= 0.3 is 0 Å². The van der Waals surface area contributed by atoms with Crippen LogP contribution in [0.15, 0.2) is 24.3 Å². The molecule has 1 aromatic carbocycles. The number of hydrogen-bond acceptors (Lipinski definition) is 6. The minimum atomic E-state index is -0.0959. The monoisotopic (exact) mass is 364 g/mol. The standard InChI is InChI=1S/C16H17ClN4O2S/c1-10-18-16-21(19-10)15(22)14(24-16)13(20-5-7-23-8-6-20)11-3-2-4-12(17)9-11/h2-4,9,13,22H,5-8H2,1H3/t13-/m1/s1. The zero-order valence-corrected chi connectivity index (χ0v) is 14.7. The van der Waals surface area contributed by atoms with Crippen molar-refractivity contribution >= 4 is 27.9 Å². The van der Waals surface area contributed by atoms with Gasteiger partial charge in [-0.1, -0.05) is 35.1 Å². The lowest BCUT2D eigenvalue weighted by Gasteiger charge is -2.34. The van der Waals surface area contributed by atoms with Crippen molar-refractivity contribution in [1.82, 2.24) is 19.5 Å². The van der Waals surface area contributed by atoms with Gasteiger partial charge in [-0.15, -0.1) is 5.10 Å². The molecule has 3 heterocycles. The molecule has 24 heavy (non-hydrogen) atoms. The van der Waals surface area contributed by atoms with Crippen LogP contribution in [0.25, 0.3) is 4.96 Å². The number of rotatable bonds is 3. The highest BCUT2D eigenvalue weighted by atomic mass is 35.5. The van der Waals surface area contributed by atoms with Gasteiger partial charge in [0.25, 0.3) is 0 Å². The van der Waals surface area contributed by atoms with Gasteiger partial charge in [0.1, 0.15) is 5.82 Å². The molecule has 1 saturated heterocycles. The van der Waals surface area contributed by atoms with Crippen LogP contribution in [0.4, 0.5) is 0 Å². The number of ether oxygens (including phenoxy) is 1. The summed E-state index contributed by atoms with van der Waals surface area (Å²) in [4.78, 5) is 8.20. The number of nitrogens with zero attached hydrogens (tertiary/aromatic N) is 4. The van der Waals surface area contributed by atoms with Crippen molar-refractivity contribution in [3.8, 4) is 5.88 Å². The molecule has 0 aliphatic carbocycles. The van der Waals surface area contributed by atoms with Gasteiger partial charge in [0.05, 0.1) is 24.1 Å². The second-order valence-corrected chi connectivity index (χ2v) is 7.19. The number of aromatic nitrogens is 3. The molecule has 1 atom stereocenters. The third kappa shape index (κ3) is 2.77. The topological polar surface area (TPSA) is 62.9 Å². The number of thiazole rings is 1. The van der Waals surface area contributed by atoms with Crippen LogP contribution in [-0.4, -0.2) is 50.9 Å². The lowest BCUT2D eigenvalue weighted by Crippen LogP contribution is -2.39. The van der Waals surface area contributed by atoms with E-state index < -0.39 is 0 Å². The third-order valence-electron chi connectivity index (χ3n) is 4.13. The molecular formula is C16H17ClN4O2S. The van der Waals surface area contributed by atoms with Gasteiger partial charge in [0, 0.05) is 18.1 Å². The normalized spacial score (nSPS) is 17.4. The molecule has 6 nitrogen and oxygen atoms in total. The van der Waals surface area contributed by atoms with Crippen molar-refractivity contribution < 1.29 is 9.84 Å². The first-order chi connectivity index (χ1) is 11.6. The predicted octanol–water partition coefficient (Wildman–Crippen LogP) is 2.88. The highest BCUT2D eigenvalue weighted by Crippen LogP contribution is 2.40. The Morgan fingerprint density at radius 2 is 2.12 bits per heavy atom. The Kier molecular flexibility index (Phi) is 4.17. The molecule has 1 N–H and O–H groups in total. The maximum absolute atomic E-state index is 10.7. The van der Waals surface area contributed by atoms with Gasteiger partial charge in [0.15, 0.2) is 0 Å². The highest BCUT2D eigenvalue weighted by molar-refractivity contribution is 7.17. The zero-order chi connectivity index (χ0) is 16.7. The summed E-state index contributed by atoms with van der Waals surface area (Å²) in [5.41, 5.74) is 1.04. The number of halogens is 1. The molecule has 1 fully saturated rings. The smallest absolute Gasteiger partial charge is 0.230 e. The van der Waals surface area contributed by atoms with Gasteiger partial charge in [-0.3, -0.25) is 4.90 Å². The van der Waals surface area contributed by atoms with Crippen molar-refractivity contribution in [2.75, 3.05) is 26.3 Å². The van der Waals surface area contributed by atoms with Crippen LogP contribution < -0.4 is 0 Å². The summed E-state index contributed by atoms with van der Waals surface area (Å²) in [5, 5.41) is 15.7. The average molecular weight is 365 g/mol. The molecule has 0 bridgehead atoms. The molecular weight excluding hydrogens is 348 g/mol. The Bertz CT molecular complexity index is 872. The number of aromatic hydroxyl groups is 1. The van der Waals surface area contributed by atoms with Gasteiger partial charge in [0.2, 0.25) is 10.8 Å². The summed E-state index contributed by atoms with van der Waals surface area (Å²) in [6.45, 7) is 4.76. The van der Waals surface area contributed by atoms with Crippen LogP contribution in [0.3, 0.4) is 0 Å². The molecule has 0 unspecified atom stereocenters. The molecule has 8 heteroatoms. The Labute approximate surface area is 148 Å². The molecule has 3 aromatic rings. The summed E-state index contributed by atoms with van der Waals surface area (Å²) >= 11 is 7.66. The van der Waals surface area contributed by atoms with E-state index in [2.05, 4.69) is 15.0 Å². The molecule has 0 radical (unpaired) electrons. The Balaban J connectivity index is 1.84. The Morgan fingerprint density at radius 3 is 2.83 bits per heavy atom. The fourth-order valence-corrected chi connectivity index (χ4v) is 4.43. The predicted molar refractivity (Wildman–Crippen MR) is 93.0 cm³/mol. The molecule has 2 aromatic heterocycles. The van der Waals surface area contributed by atoms with Crippen LogP contribution in [-0.2, 0) is 4.74 Å². The number of morpholine rings is 1. The van der Waals surface area contributed by atoms with E-state index >= 15 is 0 Å². The van der Waals surface area contributed by atoms with E-state index in [1.807, 2.05) is 31.2 Å². The summed E-state index contributed by atoms with van der Waals surface area (Å²) < 4.78 is 6.99. The lowest BCUT2D eigenvalue weighted by atomic mass is 10.0. The number of hydrogen-bond donors (Lipinski definition) is 1. The average Bonchev–Trinajstić information content (AvgIpc) is 3.07. The second kappa shape index (κ2) is 6.33. The van der Waals surface area contributed by atoms with E-state index in [1.54, 1.807) is 0 Å². The van der Waals surface area contributed by atoms with Crippen LogP contribution in [0.2, 0.25) is 5.02 Å². The molecule has 1 aliphatic heterocycles. The minimum absolute atomic E-state index is 0.0959. The maximum atomic E-state index is 10.7. The van der Waals surface area contributed by atoms with Crippen LogP contribution >= 0.6 is 22.9 Å². The fraction of sp³-hybridized carbons (Fsp3) is 0.375. The van der Waals surface area contributed by atoms with E-state index in [0.29, 0.717) is 29.0 Å². The maximum Gasteiger partial charge on any atom is 0.230 e. The zero-order valence-electron chi connectivity index (χ0n) is 13.1. The molecule has 0 spiro atoms. The largest absolute Gasteiger partial charge is 0.492 e. The van der Waals surface area contributed by atoms with Gasteiger partial charge in [-0.25, -0.2) is 4.98 Å². The number of aryl methyl sites for hydroxylation is 1. The Hall–Kier alpha value is -1.67. The summed E-state index contributed by atoms with van der Waals surface area (Å²) in [6.07, 6.45) is 0. The molecule has 0 saturated carbocycles. The van der Waals surface area contributed by atoms with E-state index in [0.717, 1.165) is 23.5 Å². The molecule has 0 amide bonds. The van der Waals surface area contributed by atoms with Crippen molar-refractivity contribution in [3.05, 3.63) is 45.6 Å². The fourth-order valence-electron chi connectivity index (χ4n) is 3.07. The number of benzene rings is 1. The second-order valence-electron chi connectivity index (χ2n) is 5.75. The van der Waals surface area contributed by atoms with Crippen LogP contribution in [0, 0.1) is 6.92 Å². The summed E-state index contributed by atoms with van der Waals surface area (Å²) in [7, 11) is 0. The van der Waals surface area contributed by atoms with Gasteiger partial charge in [-0.05, 0) is 24.6 Å². The minimum Gasteiger partial charge on any atom is -0.492 e. The van der Waals surface area contributed by atoms with Crippen molar-refractivity contribution in [1.29, 1.82) is 0 Å². The SMILES string of the molecule is Cc1nc2sc([C@@H](c3cccc(Cl)c3)N3CCOCC3)c(O)n2n1. The van der Waals surface area contributed by atoms with Crippen LogP contribution in [0.5, 0.6) is 5.88 Å². The highest BCUT2D eigenvalue weighted by Gasteiger charge is 2.30. The van der Waals surface area contributed by atoms with Gasteiger partial charge in [-0.2, -0.15) is 4.52 Å². The third-order valence-corrected chi connectivity index (χ3v) is 5.44. The van der Waals surface area contributed by atoms with Crippen molar-refractivity contribution in [2.45, 2.75) is 13.0 Å². The van der Waals surface area contributed by atoms with E-state index in [4.69, 9.17) is 16.3 Å².